The first-order valence-corrected chi connectivity index (χ1v) is 23.4. The number of allylic oxidation sites excluding steroid dienone is 1. The fourth-order valence-corrected chi connectivity index (χ4v) is 33.8. The molecule has 0 nitrogen and oxygen atoms in total. The Labute approximate surface area is 271 Å². The number of benzene rings is 5. The van der Waals surface area contributed by atoms with Crippen molar-refractivity contribution < 1.29 is 45.7 Å². The van der Waals surface area contributed by atoms with E-state index in [1.807, 2.05) is 0 Å². The van der Waals surface area contributed by atoms with E-state index in [0.717, 1.165) is 12.8 Å². The Balaban J connectivity index is 0.00000158. The Bertz CT molecular complexity index is 1840. The molecule has 5 aromatic rings. The van der Waals surface area contributed by atoms with Crippen molar-refractivity contribution in [3.8, 4) is 22.3 Å². The summed E-state index contributed by atoms with van der Waals surface area (Å²) in [5.41, 5.74) is 16.4. The van der Waals surface area contributed by atoms with Crippen LogP contribution in [0.1, 0.15) is 50.4 Å². The monoisotopic (exact) mass is 677 g/mol. The van der Waals surface area contributed by atoms with Crippen molar-refractivity contribution in [1.82, 2.24) is 0 Å². The third-order valence-corrected chi connectivity index (χ3v) is 31.4. The second-order valence-corrected chi connectivity index (χ2v) is 26.9. The van der Waals surface area contributed by atoms with Crippen molar-refractivity contribution in [2.24, 2.45) is 0 Å². The number of rotatable bonds is 5. The summed E-state index contributed by atoms with van der Waals surface area (Å²) in [5, 5.41) is 3.54. The third kappa shape index (κ3) is 4.41. The molecule has 5 aromatic carbocycles. The molecule has 1 aliphatic carbocycles. The molecule has 2 atom stereocenters. The van der Waals surface area contributed by atoms with E-state index in [1.165, 1.54) is 38.9 Å². The molecule has 0 amide bonds. The van der Waals surface area contributed by atoms with Crippen LogP contribution in [0.2, 0.25) is 0 Å². The topological polar surface area (TPSA) is 0 Å². The van der Waals surface area contributed by atoms with Gasteiger partial charge < -0.3 is 24.8 Å². The number of fused-ring (bicyclic) bond motifs is 4. The molecule has 2 unspecified atom stereocenters. The summed E-state index contributed by atoms with van der Waals surface area (Å²) >= 11 is -2.10. The predicted octanol–water partition coefficient (Wildman–Crippen LogP) is 1.30. The summed E-state index contributed by atoms with van der Waals surface area (Å²) in [7, 11) is 0. The molecule has 42 heavy (non-hydrogen) atoms. The molecule has 2 heterocycles. The van der Waals surface area contributed by atoms with Gasteiger partial charge in [-0.05, 0) is 0 Å². The van der Waals surface area contributed by atoms with Gasteiger partial charge in [-0.2, -0.15) is 0 Å². The maximum atomic E-state index is 2.63. The first-order valence-electron chi connectivity index (χ1n) is 14.7. The van der Waals surface area contributed by atoms with E-state index in [1.54, 1.807) is 35.9 Å². The Morgan fingerprint density at radius 2 is 1.43 bits per heavy atom. The summed E-state index contributed by atoms with van der Waals surface area (Å²) in [6.07, 6.45) is 4.92. The molecule has 0 radical (unpaired) electrons. The molecule has 0 bridgehead atoms. The average Bonchev–Trinajstić information content (AvgIpc) is 3.48. The Hall–Kier alpha value is -2.48. The molecule has 0 N–H and O–H groups in total. The predicted molar refractivity (Wildman–Crippen MR) is 170 cm³/mol. The summed E-state index contributed by atoms with van der Waals surface area (Å²) in [4.78, 5) is 0. The summed E-state index contributed by atoms with van der Waals surface area (Å²) in [6.45, 7) is 6.80. The average molecular weight is 680 g/mol. The second-order valence-electron chi connectivity index (χ2n) is 11.9. The Morgan fingerprint density at radius 1 is 0.714 bits per heavy atom. The smallest absolute Gasteiger partial charge is 1.00 e. The van der Waals surface area contributed by atoms with Crippen LogP contribution in [-0.4, -0.2) is 5.92 Å². The van der Waals surface area contributed by atoms with Crippen molar-refractivity contribution in [2.45, 2.75) is 37.2 Å². The van der Waals surface area contributed by atoms with Gasteiger partial charge in [0.2, 0.25) is 0 Å². The zero-order valence-electron chi connectivity index (χ0n) is 24.2. The molecular weight excluding hydrogens is 647 g/mol. The minimum Gasteiger partial charge on any atom is -1.00 e. The van der Waals surface area contributed by atoms with Crippen molar-refractivity contribution in [2.75, 3.05) is 0 Å². The normalized spacial score (nSPS) is 16.8. The molecule has 207 valence electrons. The van der Waals surface area contributed by atoms with E-state index in [9.17, 15) is 0 Å². The zero-order chi connectivity index (χ0) is 27.0. The number of halogens is 2. The van der Waals surface area contributed by atoms with Gasteiger partial charge in [0.05, 0.1) is 0 Å². The van der Waals surface area contributed by atoms with Gasteiger partial charge in [-0.1, -0.05) is 0 Å². The summed E-state index contributed by atoms with van der Waals surface area (Å²) < 4.78 is 2.39. The minimum atomic E-state index is -2.10. The van der Waals surface area contributed by atoms with E-state index in [0.29, 0.717) is 3.63 Å². The van der Waals surface area contributed by atoms with Gasteiger partial charge in [-0.25, -0.2) is 0 Å². The van der Waals surface area contributed by atoms with E-state index < -0.39 is 26.8 Å². The maximum Gasteiger partial charge on any atom is -1.00 e. The van der Waals surface area contributed by atoms with Crippen LogP contribution in [0, 0.1) is 13.8 Å². The van der Waals surface area contributed by atoms with Gasteiger partial charge in [0, 0.05) is 0 Å². The van der Waals surface area contributed by atoms with Gasteiger partial charge in [0.25, 0.3) is 0 Å². The van der Waals surface area contributed by atoms with Crippen LogP contribution in [-0.2, 0) is 27.3 Å². The molecule has 0 spiro atoms. The largest absolute Gasteiger partial charge is 1.00 e. The molecular formula is C38H33Cl2SiZr. The maximum absolute atomic E-state index is 2.63. The van der Waals surface area contributed by atoms with E-state index >= 15 is 0 Å². The first kappa shape index (κ1) is 29.6. The minimum absolute atomic E-state index is 0. The van der Waals surface area contributed by atoms with Crippen molar-refractivity contribution in [3.63, 3.8) is 0 Å². The van der Waals surface area contributed by atoms with Crippen LogP contribution in [0.25, 0.3) is 33.9 Å². The molecule has 4 heteroatoms. The zero-order valence-corrected chi connectivity index (χ0v) is 29.3. The molecule has 0 saturated carbocycles. The van der Waals surface area contributed by atoms with Crippen molar-refractivity contribution >= 4 is 31.2 Å². The SMILES string of the molecule is CCCc1ccc2c(c1-c1cc(C)cc(C)c1)C=C(c1ccccc1)[CH]2[Zr+2]1[c]2cccc3c2[SiH]1c1ccccc1-3.[Cl-].[Cl-]. The molecule has 0 aromatic heterocycles. The number of hydrogen-bond donors (Lipinski definition) is 0. The first-order chi connectivity index (χ1) is 19.6. The third-order valence-electron chi connectivity index (χ3n) is 9.31. The van der Waals surface area contributed by atoms with Crippen LogP contribution in [0.5, 0.6) is 0 Å². The Morgan fingerprint density at radius 3 is 2.19 bits per heavy atom. The van der Waals surface area contributed by atoms with Gasteiger partial charge >= 0.3 is 248 Å². The van der Waals surface area contributed by atoms with Crippen LogP contribution < -0.4 is 38.5 Å². The second kappa shape index (κ2) is 11.5. The van der Waals surface area contributed by atoms with Gasteiger partial charge in [0.1, 0.15) is 0 Å². The molecule has 8 rings (SSSR count). The van der Waals surface area contributed by atoms with Crippen LogP contribution in [0.3, 0.4) is 0 Å². The summed E-state index contributed by atoms with van der Waals surface area (Å²) in [5.74, 6) is -1.15. The fraction of sp³-hybridized carbons (Fsp3) is 0.158. The van der Waals surface area contributed by atoms with Gasteiger partial charge in [-0.3, -0.25) is 0 Å². The molecule has 3 aliphatic rings. The van der Waals surface area contributed by atoms with Gasteiger partial charge in [0.15, 0.2) is 0 Å². The number of aryl methyl sites for hydroxylation is 3. The van der Waals surface area contributed by atoms with Gasteiger partial charge in [-0.15, -0.1) is 0 Å². The molecule has 0 saturated heterocycles. The summed E-state index contributed by atoms with van der Waals surface area (Å²) in [6, 6.07) is 40.2. The van der Waals surface area contributed by atoms with E-state index in [2.05, 4.69) is 130 Å². The molecule has 2 aliphatic heterocycles. The quantitative estimate of drug-likeness (QED) is 0.246. The standard InChI is InChI=1S/C26H25.C12H8Si.2ClH.Zr/c1-4-8-21-11-12-22-16-23(20-9-6-5-7-10-20)17-25(22)26(21)24-14-18(2)13-19(3)15-24;1-3-7-11-9(5-1)10-6-2-4-8-12(10)13-11;;;/h5-7,9-17H,4,8H2,1-3H3;1-7,13H;2*1H;/q;;;;+2/p-2. The molecule has 0 fully saturated rings. The van der Waals surface area contributed by atoms with E-state index in [4.69, 9.17) is 0 Å². The van der Waals surface area contributed by atoms with Crippen LogP contribution in [0.15, 0.2) is 103 Å². The van der Waals surface area contributed by atoms with Crippen molar-refractivity contribution in [1.29, 1.82) is 0 Å². The van der Waals surface area contributed by atoms with E-state index in [-0.39, 0.29) is 24.8 Å². The fourth-order valence-electron chi connectivity index (χ4n) is 7.88. The van der Waals surface area contributed by atoms with Crippen LogP contribution in [0.4, 0.5) is 0 Å². The number of hydrogen-bond acceptors (Lipinski definition) is 0. The Kier molecular flexibility index (Phi) is 8.14. The van der Waals surface area contributed by atoms with Crippen molar-refractivity contribution in [3.05, 3.63) is 137 Å². The van der Waals surface area contributed by atoms with Crippen LogP contribution >= 0.6 is 0 Å².